The van der Waals surface area contributed by atoms with Crippen molar-refractivity contribution in [2.75, 3.05) is 6.54 Å². The lowest BCUT2D eigenvalue weighted by Gasteiger charge is -2.06. The molecular weight excluding hydrogens is 278 g/mol. The first kappa shape index (κ1) is 14.7. The molecule has 0 amide bonds. The van der Waals surface area contributed by atoms with Crippen LogP contribution in [0, 0.1) is 6.92 Å². The fourth-order valence-electron chi connectivity index (χ4n) is 1.73. The lowest BCUT2D eigenvalue weighted by Crippen LogP contribution is -2.30. The fourth-order valence-corrected chi connectivity index (χ4v) is 3.01. The van der Waals surface area contributed by atoms with Gasteiger partial charge in [-0.1, -0.05) is 18.2 Å². The number of nitrogens with zero attached hydrogens (tertiary/aromatic N) is 2. The summed E-state index contributed by atoms with van der Waals surface area (Å²) in [6.07, 6.45) is 0.726. The summed E-state index contributed by atoms with van der Waals surface area (Å²) in [5, 5.41) is 13.4. The minimum atomic E-state index is -3.67. The van der Waals surface area contributed by atoms with E-state index in [1.807, 2.05) is 30.3 Å². The Hall–Kier alpha value is -1.70. The van der Waals surface area contributed by atoms with Crippen molar-refractivity contribution in [1.29, 1.82) is 0 Å². The van der Waals surface area contributed by atoms with Crippen molar-refractivity contribution in [3.05, 3.63) is 42.2 Å². The molecule has 20 heavy (non-hydrogen) atoms. The molecule has 1 aromatic carbocycles. The monoisotopic (exact) mass is 295 g/mol. The van der Waals surface area contributed by atoms with Gasteiger partial charge in [-0.3, -0.25) is 0 Å². The Labute approximate surface area is 118 Å². The second kappa shape index (κ2) is 5.74. The maximum absolute atomic E-state index is 12.1. The molecule has 1 aromatic heterocycles. The van der Waals surface area contributed by atoms with Gasteiger partial charge in [-0.25, -0.2) is 17.8 Å². The molecule has 0 radical (unpaired) electrons. The summed E-state index contributed by atoms with van der Waals surface area (Å²) >= 11 is 0. The summed E-state index contributed by atoms with van der Waals surface area (Å²) < 4.78 is 28.1. The number of aryl methyl sites for hydroxylation is 1. The van der Waals surface area contributed by atoms with Crippen LogP contribution in [0.3, 0.4) is 0 Å². The van der Waals surface area contributed by atoms with Crippen LogP contribution in [0.15, 0.2) is 41.4 Å². The molecule has 1 unspecified atom stereocenters. The van der Waals surface area contributed by atoms with E-state index < -0.39 is 16.1 Å². The van der Waals surface area contributed by atoms with Crippen molar-refractivity contribution >= 4 is 10.0 Å². The van der Waals surface area contributed by atoms with Gasteiger partial charge in [0.1, 0.15) is 4.90 Å². The van der Waals surface area contributed by atoms with Crippen LogP contribution in [0.5, 0.6) is 0 Å². The van der Waals surface area contributed by atoms with Crippen LogP contribution in [-0.4, -0.2) is 36.0 Å². The van der Waals surface area contributed by atoms with E-state index in [0.717, 1.165) is 5.69 Å². The predicted molar refractivity (Wildman–Crippen MR) is 75.2 cm³/mol. The molecule has 0 bridgehead atoms. The quantitative estimate of drug-likeness (QED) is 0.856. The molecule has 7 heteroatoms. The SMILES string of the molecule is Cc1nn(-c2ccccc2)cc1S(=O)(=O)NCC(C)O. The van der Waals surface area contributed by atoms with Gasteiger partial charge in [0.15, 0.2) is 0 Å². The molecule has 2 aromatic rings. The van der Waals surface area contributed by atoms with E-state index in [1.165, 1.54) is 17.8 Å². The van der Waals surface area contributed by atoms with E-state index in [4.69, 9.17) is 5.11 Å². The van der Waals surface area contributed by atoms with Crippen molar-refractivity contribution < 1.29 is 13.5 Å². The first-order valence-electron chi connectivity index (χ1n) is 6.19. The number of nitrogens with one attached hydrogen (secondary N) is 1. The molecule has 0 aliphatic carbocycles. The summed E-state index contributed by atoms with van der Waals surface area (Å²) in [6.45, 7) is 3.12. The number of sulfonamides is 1. The normalized spacial score (nSPS) is 13.3. The Balaban J connectivity index is 2.33. The number of aromatic nitrogens is 2. The van der Waals surface area contributed by atoms with E-state index in [2.05, 4.69) is 9.82 Å². The van der Waals surface area contributed by atoms with Gasteiger partial charge in [-0.15, -0.1) is 0 Å². The molecule has 1 atom stereocenters. The van der Waals surface area contributed by atoms with Gasteiger partial charge in [0.2, 0.25) is 10.0 Å². The molecule has 0 saturated carbocycles. The number of rotatable bonds is 5. The third kappa shape index (κ3) is 3.24. The van der Waals surface area contributed by atoms with Gasteiger partial charge in [-0.05, 0) is 26.0 Å². The number of para-hydroxylation sites is 1. The molecular formula is C13H17N3O3S. The van der Waals surface area contributed by atoms with Crippen LogP contribution in [0.4, 0.5) is 0 Å². The van der Waals surface area contributed by atoms with E-state index in [9.17, 15) is 8.42 Å². The Kier molecular flexibility index (Phi) is 4.22. The number of hydrogen-bond donors (Lipinski definition) is 2. The Morgan fingerprint density at radius 1 is 1.35 bits per heavy atom. The lowest BCUT2D eigenvalue weighted by molar-refractivity contribution is 0.198. The predicted octanol–water partition coefficient (Wildman–Crippen LogP) is 0.840. The van der Waals surface area contributed by atoms with Gasteiger partial charge in [0.05, 0.1) is 23.7 Å². The van der Waals surface area contributed by atoms with Crippen molar-refractivity contribution in [3.63, 3.8) is 0 Å². The van der Waals surface area contributed by atoms with Crippen molar-refractivity contribution in [3.8, 4) is 5.69 Å². The summed E-state index contributed by atoms with van der Waals surface area (Å²) in [5.41, 5.74) is 1.19. The summed E-state index contributed by atoms with van der Waals surface area (Å²) in [5.74, 6) is 0. The zero-order chi connectivity index (χ0) is 14.8. The van der Waals surface area contributed by atoms with Gasteiger partial charge in [0, 0.05) is 6.54 Å². The number of aliphatic hydroxyl groups is 1. The average molecular weight is 295 g/mol. The third-order valence-electron chi connectivity index (χ3n) is 2.73. The molecule has 0 saturated heterocycles. The minimum Gasteiger partial charge on any atom is -0.392 e. The van der Waals surface area contributed by atoms with Crippen LogP contribution in [0.1, 0.15) is 12.6 Å². The highest BCUT2D eigenvalue weighted by molar-refractivity contribution is 7.89. The highest BCUT2D eigenvalue weighted by Gasteiger charge is 2.20. The van der Waals surface area contributed by atoms with Gasteiger partial charge >= 0.3 is 0 Å². The molecule has 1 heterocycles. The van der Waals surface area contributed by atoms with Crippen molar-refractivity contribution in [2.24, 2.45) is 0 Å². The molecule has 2 N–H and O–H groups in total. The van der Waals surface area contributed by atoms with Gasteiger partial charge in [0.25, 0.3) is 0 Å². The zero-order valence-electron chi connectivity index (χ0n) is 11.3. The second-order valence-electron chi connectivity index (χ2n) is 4.56. The van der Waals surface area contributed by atoms with Crippen molar-refractivity contribution in [1.82, 2.24) is 14.5 Å². The fraction of sp³-hybridized carbons (Fsp3) is 0.308. The Bertz CT molecular complexity index is 678. The van der Waals surface area contributed by atoms with Crippen LogP contribution < -0.4 is 4.72 Å². The Morgan fingerprint density at radius 3 is 2.60 bits per heavy atom. The highest BCUT2D eigenvalue weighted by atomic mass is 32.2. The molecule has 0 aliphatic rings. The van der Waals surface area contributed by atoms with Crippen molar-refractivity contribution in [2.45, 2.75) is 24.8 Å². The van der Waals surface area contributed by atoms with E-state index in [0.29, 0.717) is 5.69 Å². The van der Waals surface area contributed by atoms with Gasteiger partial charge in [-0.2, -0.15) is 5.10 Å². The summed E-state index contributed by atoms with van der Waals surface area (Å²) in [7, 11) is -3.67. The van der Waals surface area contributed by atoms with Crippen LogP contribution >= 0.6 is 0 Å². The largest absolute Gasteiger partial charge is 0.392 e. The number of aliphatic hydroxyl groups excluding tert-OH is 1. The third-order valence-corrected chi connectivity index (χ3v) is 4.26. The molecule has 0 spiro atoms. The second-order valence-corrected chi connectivity index (χ2v) is 6.30. The lowest BCUT2D eigenvalue weighted by atomic mass is 10.3. The molecule has 108 valence electrons. The maximum atomic E-state index is 12.1. The Morgan fingerprint density at radius 2 is 2.00 bits per heavy atom. The van der Waals surface area contributed by atoms with E-state index in [1.54, 1.807) is 6.92 Å². The first-order chi connectivity index (χ1) is 9.40. The van der Waals surface area contributed by atoms with Crippen LogP contribution in [-0.2, 0) is 10.0 Å². The topological polar surface area (TPSA) is 84.2 Å². The van der Waals surface area contributed by atoms with Crippen LogP contribution in [0.25, 0.3) is 5.69 Å². The maximum Gasteiger partial charge on any atom is 0.244 e. The number of benzene rings is 1. The highest BCUT2D eigenvalue weighted by Crippen LogP contribution is 2.16. The smallest absolute Gasteiger partial charge is 0.244 e. The molecule has 0 fully saturated rings. The zero-order valence-corrected chi connectivity index (χ0v) is 12.1. The van der Waals surface area contributed by atoms with E-state index in [-0.39, 0.29) is 11.4 Å². The molecule has 0 aliphatic heterocycles. The van der Waals surface area contributed by atoms with Gasteiger partial charge < -0.3 is 5.11 Å². The minimum absolute atomic E-state index is 0.0295. The standard InChI is InChI=1S/C13H17N3O3S/c1-10(17)8-14-20(18,19)13-9-16(15-11(13)2)12-6-4-3-5-7-12/h3-7,9-10,14,17H,8H2,1-2H3. The summed E-state index contributed by atoms with van der Waals surface area (Å²) in [6, 6.07) is 9.26. The average Bonchev–Trinajstić information content (AvgIpc) is 2.81. The number of hydrogen-bond acceptors (Lipinski definition) is 4. The van der Waals surface area contributed by atoms with Crippen LogP contribution in [0.2, 0.25) is 0 Å². The first-order valence-corrected chi connectivity index (χ1v) is 7.68. The molecule has 2 rings (SSSR count). The summed E-state index contributed by atoms with van der Waals surface area (Å²) in [4.78, 5) is 0.113. The molecule has 6 nitrogen and oxygen atoms in total. The van der Waals surface area contributed by atoms with E-state index >= 15 is 0 Å².